The third-order valence-electron chi connectivity index (χ3n) is 1.49. The average molecular weight is 188 g/mol. The van der Waals surface area contributed by atoms with Crippen LogP contribution in [-0.4, -0.2) is 7.11 Å². The van der Waals surface area contributed by atoms with Crippen LogP contribution < -0.4 is 4.74 Å². The first kappa shape index (κ1) is 11.9. The molecule has 3 heteroatoms. The fourth-order valence-electron chi connectivity index (χ4n) is 0.740. The molecule has 0 unspecified atom stereocenters. The standard InChI is InChI=1S/C8H8F2O.C2H6/c1-5-7(9)3-6(11-2)4-8(5)10;1-2/h3-4H,1-2H3;1-2H3. The Labute approximate surface area is 77.3 Å². The number of methoxy groups -OCH3 is 1. The van der Waals surface area contributed by atoms with Gasteiger partial charge in [-0.25, -0.2) is 8.78 Å². The van der Waals surface area contributed by atoms with E-state index in [1.807, 2.05) is 13.8 Å². The molecule has 1 aromatic rings. The number of hydrogen-bond donors (Lipinski definition) is 0. The maximum Gasteiger partial charge on any atom is 0.132 e. The van der Waals surface area contributed by atoms with Gasteiger partial charge in [0, 0.05) is 17.7 Å². The van der Waals surface area contributed by atoms with E-state index in [1.54, 1.807) is 0 Å². The first-order chi connectivity index (χ1) is 6.15. The Morgan fingerprint density at radius 3 is 1.77 bits per heavy atom. The lowest BCUT2D eigenvalue weighted by Gasteiger charge is -2.02. The summed E-state index contributed by atoms with van der Waals surface area (Å²) in [5.74, 6) is -0.964. The summed E-state index contributed by atoms with van der Waals surface area (Å²) in [6.45, 7) is 5.38. The van der Waals surface area contributed by atoms with E-state index in [9.17, 15) is 8.78 Å². The highest BCUT2D eigenvalue weighted by Crippen LogP contribution is 2.18. The lowest BCUT2D eigenvalue weighted by molar-refractivity contribution is 0.406. The predicted molar refractivity (Wildman–Crippen MR) is 49.0 cm³/mol. The van der Waals surface area contributed by atoms with Crippen LogP contribution in [0, 0.1) is 18.6 Å². The van der Waals surface area contributed by atoms with E-state index in [2.05, 4.69) is 4.74 Å². The van der Waals surface area contributed by atoms with Crippen molar-refractivity contribution >= 4 is 0 Å². The zero-order valence-corrected chi connectivity index (χ0v) is 8.32. The minimum atomic E-state index is -0.582. The van der Waals surface area contributed by atoms with Crippen LogP contribution in [-0.2, 0) is 0 Å². The van der Waals surface area contributed by atoms with Gasteiger partial charge in [-0.3, -0.25) is 0 Å². The molecule has 1 aromatic carbocycles. The largest absolute Gasteiger partial charge is 0.497 e. The Balaban J connectivity index is 0.000000671. The number of ether oxygens (including phenoxy) is 1. The molecule has 0 atom stereocenters. The van der Waals surface area contributed by atoms with Gasteiger partial charge < -0.3 is 4.74 Å². The molecule has 1 rings (SSSR count). The van der Waals surface area contributed by atoms with Gasteiger partial charge in [-0.1, -0.05) is 13.8 Å². The summed E-state index contributed by atoms with van der Waals surface area (Å²) in [7, 11) is 1.36. The normalized spacial score (nSPS) is 8.77. The second-order valence-corrected chi connectivity index (χ2v) is 2.22. The molecule has 0 spiro atoms. The molecule has 0 aliphatic rings. The Bertz CT molecular complexity index is 249. The van der Waals surface area contributed by atoms with E-state index in [-0.39, 0.29) is 11.3 Å². The van der Waals surface area contributed by atoms with Gasteiger partial charge in [0.25, 0.3) is 0 Å². The second kappa shape index (κ2) is 5.51. The van der Waals surface area contributed by atoms with Crippen LogP contribution in [0.25, 0.3) is 0 Å². The van der Waals surface area contributed by atoms with E-state index < -0.39 is 11.6 Å². The lowest BCUT2D eigenvalue weighted by atomic mass is 10.2. The van der Waals surface area contributed by atoms with E-state index in [0.29, 0.717) is 0 Å². The van der Waals surface area contributed by atoms with E-state index >= 15 is 0 Å². The van der Waals surface area contributed by atoms with Gasteiger partial charge in [-0.2, -0.15) is 0 Å². The zero-order valence-electron chi connectivity index (χ0n) is 8.32. The van der Waals surface area contributed by atoms with Crippen LogP contribution in [0.15, 0.2) is 12.1 Å². The molecule has 1 nitrogen and oxygen atoms in total. The molecule has 0 N–H and O–H groups in total. The van der Waals surface area contributed by atoms with Gasteiger partial charge in [-0.05, 0) is 6.92 Å². The Hall–Kier alpha value is -1.12. The van der Waals surface area contributed by atoms with Gasteiger partial charge in [0.2, 0.25) is 0 Å². The predicted octanol–water partition coefficient (Wildman–Crippen LogP) is 3.31. The van der Waals surface area contributed by atoms with Crippen molar-refractivity contribution in [2.75, 3.05) is 7.11 Å². The highest BCUT2D eigenvalue weighted by atomic mass is 19.1. The molecular weight excluding hydrogens is 174 g/mol. The highest BCUT2D eigenvalue weighted by molar-refractivity contribution is 5.29. The van der Waals surface area contributed by atoms with Crippen molar-refractivity contribution in [2.24, 2.45) is 0 Å². The summed E-state index contributed by atoms with van der Waals surface area (Å²) in [6.07, 6.45) is 0. The third kappa shape index (κ3) is 3.01. The quantitative estimate of drug-likeness (QED) is 0.657. The highest BCUT2D eigenvalue weighted by Gasteiger charge is 2.05. The second-order valence-electron chi connectivity index (χ2n) is 2.22. The van der Waals surface area contributed by atoms with Crippen molar-refractivity contribution < 1.29 is 13.5 Å². The van der Waals surface area contributed by atoms with Gasteiger partial charge in [0.1, 0.15) is 17.4 Å². The average Bonchev–Trinajstić information content (AvgIpc) is 2.16. The number of benzene rings is 1. The Morgan fingerprint density at radius 1 is 1.08 bits per heavy atom. The molecule has 13 heavy (non-hydrogen) atoms. The molecular formula is C10H14F2O. The zero-order chi connectivity index (χ0) is 10.4. The minimum Gasteiger partial charge on any atom is -0.497 e. The molecule has 74 valence electrons. The van der Waals surface area contributed by atoms with E-state index in [4.69, 9.17) is 0 Å². The fraction of sp³-hybridized carbons (Fsp3) is 0.400. The number of rotatable bonds is 1. The van der Waals surface area contributed by atoms with Gasteiger partial charge in [0.05, 0.1) is 7.11 Å². The fourth-order valence-corrected chi connectivity index (χ4v) is 0.740. The van der Waals surface area contributed by atoms with Gasteiger partial charge >= 0.3 is 0 Å². The van der Waals surface area contributed by atoms with Crippen LogP contribution in [0.1, 0.15) is 19.4 Å². The van der Waals surface area contributed by atoms with Crippen LogP contribution in [0.2, 0.25) is 0 Å². The van der Waals surface area contributed by atoms with Crippen molar-refractivity contribution in [3.63, 3.8) is 0 Å². The van der Waals surface area contributed by atoms with E-state index in [0.717, 1.165) is 12.1 Å². The number of hydrogen-bond acceptors (Lipinski definition) is 1. The summed E-state index contributed by atoms with van der Waals surface area (Å²) < 4.78 is 30.1. The molecule has 0 amide bonds. The minimum absolute atomic E-state index is 0.0193. The maximum atomic E-state index is 12.7. The van der Waals surface area contributed by atoms with Crippen molar-refractivity contribution in [2.45, 2.75) is 20.8 Å². The lowest BCUT2D eigenvalue weighted by Crippen LogP contribution is -1.91. The summed E-state index contributed by atoms with van der Waals surface area (Å²) in [5.41, 5.74) is 0.0193. The molecule has 0 aliphatic carbocycles. The van der Waals surface area contributed by atoms with Gasteiger partial charge in [-0.15, -0.1) is 0 Å². The van der Waals surface area contributed by atoms with Crippen molar-refractivity contribution in [1.29, 1.82) is 0 Å². The molecule has 0 fully saturated rings. The summed E-state index contributed by atoms with van der Waals surface area (Å²) in [6, 6.07) is 2.30. The Kier molecular flexibility index (Phi) is 5.04. The summed E-state index contributed by atoms with van der Waals surface area (Å²) in [4.78, 5) is 0. The first-order valence-electron chi connectivity index (χ1n) is 4.15. The SMILES string of the molecule is CC.COc1cc(F)c(C)c(F)c1. The van der Waals surface area contributed by atoms with Crippen LogP contribution in [0.5, 0.6) is 5.75 Å². The van der Waals surface area contributed by atoms with Crippen LogP contribution in [0.4, 0.5) is 8.78 Å². The van der Waals surface area contributed by atoms with Crippen molar-refractivity contribution in [1.82, 2.24) is 0 Å². The van der Waals surface area contributed by atoms with Crippen LogP contribution in [0.3, 0.4) is 0 Å². The summed E-state index contributed by atoms with van der Waals surface area (Å²) in [5, 5.41) is 0. The molecule has 0 heterocycles. The van der Waals surface area contributed by atoms with Crippen LogP contribution >= 0.6 is 0 Å². The third-order valence-corrected chi connectivity index (χ3v) is 1.49. The smallest absolute Gasteiger partial charge is 0.132 e. The van der Waals surface area contributed by atoms with Crippen molar-refractivity contribution in [3.8, 4) is 5.75 Å². The number of halogens is 2. The monoisotopic (exact) mass is 188 g/mol. The first-order valence-corrected chi connectivity index (χ1v) is 4.15. The molecule has 0 saturated carbocycles. The molecule has 0 radical (unpaired) electrons. The summed E-state index contributed by atoms with van der Waals surface area (Å²) >= 11 is 0. The Morgan fingerprint density at radius 2 is 1.46 bits per heavy atom. The molecule has 0 bridgehead atoms. The molecule has 0 saturated heterocycles. The topological polar surface area (TPSA) is 9.23 Å². The molecule has 0 aliphatic heterocycles. The molecule has 0 aromatic heterocycles. The van der Waals surface area contributed by atoms with Gasteiger partial charge in [0.15, 0.2) is 0 Å². The maximum absolute atomic E-state index is 12.7. The van der Waals surface area contributed by atoms with Crippen molar-refractivity contribution in [3.05, 3.63) is 29.3 Å². The van der Waals surface area contributed by atoms with E-state index in [1.165, 1.54) is 14.0 Å².